The van der Waals surface area contributed by atoms with Gasteiger partial charge >= 0.3 is 0 Å². The predicted octanol–water partition coefficient (Wildman–Crippen LogP) is 1.40. The second kappa shape index (κ2) is 6.68. The SMILES string of the molecule is COc1cc(OC)cc(C(=O)N2CCN(C(C)C)C(=O)C2)c1. The quantitative estimate of drug-likeness (QED) is 0.843. The van der Waals surface area contributed by atoms with E-state index >= 15 is 0 Å². The summed E-state index contributed by atoms with van der Waals surface area (Å²) in [6, 6.07) is 5.18. The van der Waals surface area contributed by atoms with Crippen LogP contribution in [0.25, 0.3) is 0 Å². The third kappa shape index (κ3) is 3.32. The van der Waals surface area contributed by atoms with Crippen LogP contribution in [-0.4, -0.2) is 61.5 Å². The van der Waals surface area contributed by atoms with Crippen molar-refractivity contribution in [1.29, 1.82) is 0 Å². The van der Waals surface area contributed by atoms with E-state index in [1.54, 1.807) is 28.0 Å². The van der Waals surface area contributed by atoms with Crippen LogP contribution in [0.2, 0.25) is 0 Å². The summed E-state index contributed by atoms with van der Waals surface area (Å²) >= 11 is 0. The van der Waals surface area contributed by atoms with Crippen molar-refractivity contribution in [2.75, 3.05) is 33.9 Å². The number of benzene rings is 1. The lowest BCUT2D eigenvalue weighted by Gasteiger charge is -2.36. The molecule has 0 saturated carbocycles. The fourth-order valence-corrected chi connectivity index (χ4v) is 2.52. The number of nitrogens with zero attached hydrogens (tertiary/aromatic N) is 2. The van der Waals surface area contributed by atoms with Crippen molar-refractivity contribution < 1.29 is 19.1 Å². The van der Waals surface area contributed by atoms with Gasteiger partial charge in [0.15, 0.2) is 0 Å². The smallest absolute Gasteiger partial charge is 0.254 e. The van der Waals surface area contributed by atoms with E-state index in [0.29, 0.717) is 30.2 Å². The second-order valence-corrected chi connectivity index (χ2v) is 5.51. The molecule has 22 heavy (non-hydrogen) atoms. The summed E-state index contributed by atoms with van der Waals surface area (Å²) in [6.07, 6.45) is 0. The van der Waals surface area contributed by atoms with Crippen LogP contribution >= 0.6 is 0 Å². The molecule has 2 rings (SSSR count). The zero-order valence-corrected chi connectivity index (χ0v) is 13.5. The van der Waals surface area contributed by atoms with Crippen molar-refractivity contribution >= 4 is 11.8 Å². The molecule has 0 aliphatic carbocycles. The first kappa shape index (κ1) is 16.1. The van der Waals surface area contributed by atoms with Crippen molar-refractivity contribution in [2.45, 2.75) is 19.9 Å². The first-order chi connectivity index (χ1) is 10.5. The van der Waals surface area contributed by atoms with Crippen LogP contribution in [0.4, 0.5) is 0 Å². The molecule has 1 aliphatic heterocycles. The van der Waals surface area contributed by atoms with E-state index < -0.39 is 0 Å². The highest BCUT2D eigenvalue weighted by Gasteiger charge is 2.29. The van der Waals surface area contributed by atoms with Gasteiger partial charge in [-0.1, -0.05) is 0 Å². The van der Waals surface area contributed by atoms with Crippen molar-refractivity contribution in [3.8, 4) is 11.5 Å². The lowest BCUT2D eigenvalue weighted by Crippen LogP contribution is -2.54. The topological polar surface area (TPSA) is 59.1 Å². The number of piperazine rings is 1. The molecule has 120 valence electrons. The number of methoxy groups -OCH3 is 2. The summed E-state index contributed by atoms with van der Waals surface area (Å²) in [6.45, 7) is 5.15. The maximum atomic E-state index is 12.6. The highest BCUT2D eigenvalue weighted by molar-refractivity contribution is 5.97. The summed E-state index contributed by atoms with van der Waals surface area (Å²) < 4.78 is 10.4. The molecule has 0 bridgehead atoms. The minimum atomic E-state index is -0.186. The maximum absolute atomic E-state index is 12.6. The van der Waals surface area contributed by atoms with Gasteiger partial charge in [-0.15, -0.1) is 0 Å². The van der Waals surface area contributed by atoms with Crippen molar-refractivity contribution in [2.24, 2.45) is 0 Å². The molecule has 1 fully saturated rings. The van der Waals surface area contributed by atoms with Crippen LogP contribution in [0.5, 0.6) is 11.5 Å². The summed E-state index contributed by atoms with van der Waals surface area (Å²) in [5.74, 6) is 0.892. The molecule has 0 atom stereocenters. The van der Waals surface area contributed by atoms with Gasteiger partial charge in [-0.25, -0.2) is 0 Å². The Labute approximate surface area is 130 Å². The minimum Gasteiger partial charge on any atom is -0.497 e. The number of carbonyl (C=O) groups is 2. The van der Waals surface area contributed by atoms with Gasteiger partial charge in [0.2, 0.25) is 5.91 Å². The van der Waals surface area contributed by atoms with E-state index in [0.717, 1.165) is 0 Å². The first-order valence-corrected chi connectivity index (χ1v) is 7.28. The predicted molar refractivity (Wildman–Crippen MR) is 82.3 cm³/mol. The Hall–Kier alpha value is -2.24. The van der Waals surface area contributed by atoms with Gasteiger partial charge in [-0.2, -0.15) is 0 Å². The lowest BCUT2D eigenvalue weighted by atomic mass is 10.1. The molecule has 6 heteroatoms. The van der Waals surface area contributed by atoms with Gasteiger partial charge < -0.3 is 19.3 Å². The van der Waals surface area contributed by atoms with Gasteiger partial charge in [0.1, 0.15) is 18.0 Å². The normalized spacial score (nSPS) is 15.2. The summed E-state index contributed by atoms with van der Waals surface area (Å²) in [5.41, 5.74) is 0.460. The van der Waals surface area contributed by atoms with Crippen LogP contribution in [0, 0.1) is 0 Å². The van der Waals surface area contributed by atoms with Gasteiger partial charge in [0, 0.05) is 30.8 Å². The average Bonchev–Trinajstić information content (AvgIpc) is 2.53. The highest BCUT2D eigenvalue weighted by Crippen LogP contribution is 2.24. The Morgan fingerprint density at radius 1 is 1.09 bits per heavy atom. The zero-order chi connectivity index (χ0) is 16.3. The first-order valence-electron chi connectivity index (χ1n) is 7.28. The Morgan fingerprint density at radius 2 is 1.68 bits per heavy atom. The molecule has 1 aromatic rings. The van der Waals surface area contributed by atoms with Crippen molar-refractivity contribution in [3.05, 3.63) is 23.8 Å². The number of hydrogen-bond donors (Lipinski definition) is 0. The Balaban J connectivity index is 2.17. The third-order valence-corrected chi connectivity index (χ3v) is 3.77. The standard InChI is InChI=1S/C16H22N2O4/c1-11(2)18-6-5-17(10-15(18)19)16(20)12-7-13(21-3)9-14(8-12)22-4/h7-9,11H,5-6,10H2,1-4H3. The van der Waals surface area contributed by atoms with E-state index in [9.17, 15) is 9.59 Å². The maximum Gasteiger partial charge on any atom is 0.254 e. The molecule has 0 spiro atoms. The van der Waals surface area contributed by atoms with Gasteiger partial charge in [-0.3, -0.25) is 9.59 Å². The molecule has 1 aromatic carbocycles. The summed E-state index contributed by atoms with van der Waals surface area (Å²) in [5, 5.41) is 0. The van der Waals surface area contributed by atoms with Crippen LogP contribution in [0.15, 0.2) is 18.2 Å². The summed E-state index contributed by atoms with van der Waals surface area (Å²) in [7, 11) is 3.07. The summed E-state index contributed by atoms with van der Waals surface area (Å²) in [4.78, 5) is 28.1. The third-order valence-electron chi connectivity index (χ3n) is 3.77. The number of hydrogen-bond acceptors (Lipinski definition) is 4. The highest BCUT2D eigenvalue weighted by atomic mass is 16.5. The molecule has 0 aromatic heterocycles. The minimum absolute atomic E-state index is 0.0236. The molecule has 1 saturated heterocycles. The van der Waals surface area contributed by atoms with Gasteiger partial charge in [-0.05, 0) is 26.0 Å². The largest absolute Gasteiger partial charge is 0.497 e. The van der Waals surface area contributed by atoms with E-state index in [4.69, 9.17) is 9.47 Å². The molecular formula is C16H22N2O4. The molecule has 6 nitrogen and oxygen atoms in total. The number of ether oxygens (including phenoxy) is 2. The molecule has 0 radical (unpaired) electrons. The van der Waals surface area contributed by atoms with Gasteiger partial charge in [0.05, 0.1) is 14.2 Å². The van der Waals surface area contributed by atoms with Crippen LogP contribution in [0.3, 0.4) is 0 Å². The van der Waals surface area contributed by atoms with Crippen molar-refractivity contribution in [1.82, 2.24) is 9.80 Å². The lowest BCUT2D eigenvalue weighted by molar-refractivity contribution is -0.136. The zero-order valence-electron chi connectivity index (χ0n) is 13.5. The van der Waals surface area contributed by atoms with E-state index in [-0.39, 0.29) is 24.4 Å². The Morgan fingerprint density at radius 3 is 2.14 bits per heavy atom. The average molecular weight is 306 g/mol. The molecule has 1 aliphatic rings. The van der Waals surface area contributed by atoms with Gasteiger partial charge in [0.25, 0.3) is 5.91 Å². The number of carbonyl (C=O) groups excluding carboxylic acids is 2. The molecule has 0 unspecified atom stereocenters. The van der Waals surface area contributed by atoms with Crippen LogP contribution in [0.1, 0.15) is 24.2 Å². The van der Waals surface area contributed by atoms with E-state index in [1.165, 1.54) is 14.2 Å². The monoisotopic (exact) mass is 306 g/mol. The molecular weight excluding hydrogens is 284 g/mol. The Bertz CT molecular complexity index is 549. The molecule has 0 N–H and O–H groups in total. The van der Waals surface area contributed by atoms with Crippen LogP contribution in [-0.2, 0) is 4.79 Å². The van der Waals surface area contributed by atoms with Crippen molar-refractivity contribution in [3.63, 3.8) is 0 Å². The van der Waals surface area contributed by atoms with E-state index in [2.05, 4.69) is 0 Å². The number of amides is 2. The molecule has 1 heterocycles. The number of rotatable bonds is 4. The fraction of sp³-hybridized carbons (Fsp3) is 0.500. The fourth-order valence-electron chi connectivity index (χ4n) is 2.52. The Kier molecular flexibility index (Phi) is 4.90. The second-order valence-electron chi connectivity index (χ2n) is 5.51. The van der Waals surface area contributed by atoms with E-state index in [1.807, 2.05) is 13.8 Å². The molecule has 2 amide bonds. The van der Waals surface area contributed by atoms with Crippen LogP contribution < -0.4 is 9.47 Å².